The molecule has 0 bridgehead atoms. The van der Waals surface area contributed by atoms with E-state index in [-0.39, 0.29) is 5.84 Å². The molecule has 2 aromatic rings. The fourth-order valence-electron chi connectivity index (χ4n) is 1.91. The fraction of sp³-hybridized carbons (Fsp3) is 0.133. The summed E-state index contributed by atoms with van der Waals surface area (Å²) in [7, 11) is 2.04. The Bertz CT molecular complexity index is 581. The summed E-state index contributed by atoms with van der Waals surface area (Å²) >= 11 is 3.45. The van der Waals surface area contributed by atoms with Crippen LogP contribution in [0.4, 0.5) is 5.69 Å². The number of hydrogen-bond donors (Lipinski definition) is 2. The van der Waals surface area contributed by atoms with Gasteiger partial charge in [-0.25, -0.2) is 0 Å². The normalized spacial score (nSPS) is 10.2. The predicted molar refractivity (Wildman–Crippen MR) is 83.7 cm³/mol. The van der Waals surface area contributed by atoms with Gasteiger partial charge in [0.15, 0.2) is 0 Å². The highest BCUT2D eigenvalue weighted by Crippen LogP contribution is 2.24. The lowest BCUT2D eigenvalue weighted by Gasteiger charge is -2.20. The maximum absolute atomic E-state index is 7.47. The largest absolute Gasteiger partial charge is 0.384 e. The van der Waals surface area contributed by atoms with Gasteiger partial charge in [0.05, 0.1) is 0 Å². The van der Waals surface area contributed by atoms with Gasteiger partial charge in [-0.3, -0.25) is 5.41 Å². The molecule has 3 N–H and O–H groups in total. The average molecular weight is 318 g/mol. The first kappa shape index (κ1) is 13.6. The van der Waals surface area contributed by atoms with Crippen LogP contribution < -0.4 is 10.6 Å². The Kier molecular flexibility index (Phi) is 4.22. The van der Waals surface area contributed by atoms with E-state index in [0.717, 1.165) is 22.3 Å². The van der Waals surface area contributed by atoms with Crippen molar-refractivity contribution >= 4 is 27.5 Å². The first-order chi connectivity index (χ1) is 9.08. The van der Waals surface area contributed by atoms with Crippen LogP contribution in [0.15, 0.2) is 53.0 Å². The van der Waals surface area contributed by atoms with E-state index in [0.29, 0.717) is 0 Å². The second-order valence-corrected chi connectivity index (χ2v) is 5.27. The molecule has 0 saturated heterocycles. The summed E-state index contributed by atoms with van der Waals surface area (Å²) in [5, 5.41) is 7.47. The van der Waals surface area contributed by atoms with Crippen LogP contribution in [-0.2, 0) is 6.54 Å². The highest BCUT2D eigenvalue weighted by Gasteiger charge is 2.07. The number of anilines is 1. The van der Waals surface area contributed by atoms with Crippen molar-refractivity contribution < 1.29 is 0 Å². The minimum atomic E-state index is 0.0733. The van der Waals surface area contributed by atoms with Gasteiger partial charge >= 0.3 is 0 Å². The van der Waals surface area contributed by atoms with Crippen molar-refractivity contribution in [3.8, 4) is 0 Å². The highest BCUT2D eigenvalue weighted by molar-refractivity contribution is 9.10. The Hall–Kier alpha value is -1.81. The Morgan fingerprint density at radius 1 is 1.21 bits per heavy atom. The molecule has 2 aromatic carbocycles. The minimum absolute atomic E-state index is 0.0733. The molecule has 98 valence electrons. The Labute approximate surface area is 121 Å². The molecular weight excluding hydrogens is 302 g/mol. The summed E-state index contributed by atoms with van der Waals surface area (Å²) in [5.41, 5.74) is 8.57. The smallest absolute Gasteiger partial charge is 0.123 e. The van der Waals surface area contributed by atoms with Gasteiger partial charge in [0, 0.05) is 29.3 Å². The summed E-state index contributed by atoms with van der Waals surface area (Å²) in [6.07, 6.45) is 0. The van der Waals surface area contributed by atoms with Crippen LogP contribution >= 0.6 is 15.9 Å². The van der Waals surface area contributed by atoms with Crippen LogP contribution in [-0.4, -0.2) is 12.9 Å². The Morgan fingerprint density at radius 2 is 1.89 bits per heavy atom. The van der Waals surface area contributed by atoms with E-state index in [1.807, 2.05) is 43.4 Å². The number of rotatable bonds is 4. The van der Waals surface area contributed by atoms with Crippen LogP contribution in [0.25, 0.3) is 0 Å². The molecule has 0 radical (unpaired) electrons. The third-order valence-corrected chi connectivity index (χ3v) is 3.60. The van der Waals surface area contributed by atoms with Crippen molar-refractivity contribution in [1.82, 2.24) is 0 Å². The van der Waals surface area contributed by atoms with Gasteiger partial charge in [-0.2, -0.15) is 0 Å². The number of halogens is 1. The zero-order chi connectivity index (χ0) is 13.8. The molecule has 2 rings (SSSR count). The monoisotopic (exact) mass is 317 g/mol. The minimum Gasteiger partial charge on any atom is -0.384 e. The van der Waals surface area contributed by atoms with Crippen LogP contribution in [0.3, 0.4) is 0 Å². The molecule has 0 atom stereocenters. The quantitative estimate of drug-likeness (QED) is 0.671. The zero-order valence-corrected chi connectivity index (χ0v) is 12.3. The first-order valence-electron chi connectivity index (χ1n) is 5.97. The van der Waals surface area contributed by atoms with Crippen LogP contribution in [0.1, 0.15) is 11.1 Å². The lowest BCUT2D eigenvalue weighted by atomic mass is 10.1. The maximum atomic E-state index is 7.47. The van der Waals surface area contributed by atoms with E-state index in [4.69, 9.17) is 11.1 Å². The van der Waals surface area contributed by atoms with Crippen molar-refractivity contribution in [3.63, 3.8) is 0 Å². The average Bonchev–Trinajstić information content (AvgIpc) is 2.39. The van der Waals surface area contributed by atoms with Crippen molar-refractivity contribution in [2.75, 3.05) is 11.9 Å². The predicted octanol–water partition coefficient (Wildman–Crippen LogP) is 3.37. The number of benzene rings is 2. The van der Waals surface area contributed by atoms with E-state index in [1.165, 1.54) is 5.56 Å². The van der Waals surface area contributed by atoms with Gasteiger partial charge in [-0.1, -0.05) is 30.3 Å². The number of nitrogen functional groups attached to an aromatic ring is 1. The number of nitrogens with zero attached hydrogens (tertiary/aromatic N) is 1. The summed E-state index contributed by atoms with van der Waals surface area (Å²) in [4.78, 5) is 2.16. The number of hydrogen-bond acceptors (Lipinski definition) is 2. The highest BCUT2D eigenvalue weighted by atomic mass is 79.9. The van der Waals surface area contributed by atoms with Crippen molar-refractivity contribution in [2.45, 2.75) is 6.54 Å². The second-order valence-electron chi connectivity index (χ2n) is 4.42. The van der Waals surface area contributed by atoms with Gasteiger partial charge in [-0.05, 0) is 39.7 Å². The topological polar surface area (TPSA) is 53.1 Å². The molecule has 0 saturated carbocycles. The van der Waals surface area contributed by atoms with Gasteiger partial charge in [0.1, 0.15) is 5.84 Å². The van der Waals surface area contributed by atoms with E-state index in [1.54, 1.807) is 0 Å². The van der Waals surface area contributed by atoms with Gasteiger partial charge < -0.3 is 10.6 Å². The summed E-state index contributed by atoms with van der Waals surface area (Å²) < 4.78 is 0.845. The molecule has 0 aliphatic rings. The lowest BCUT2D eigenvalue weighted by molar-refractivity contribution is 0.922. The van der Waals surface area contributed by atoms with E-state index in [2.05, 4.69) is 33.0 Å². The number of amidine groups is 1. The molecule has 0 aliphatic heterocycles. The third kappa shape index (κ3) is 3.35. The molecule has 0 aliphatic carbocycles. The van der Waals surface area contributed by atoms with Gasteiger partial charge in [0.2, 0.25) is 0 Å². The van der Waals surface area contributed by atoms with Crippen molar-refractivity contribution in [3.05, 3.63) is 64.1 Å². The molecule has 0 spiro atoms. The molecular formula is C15H16BrN3. The van der Waals surface area contributed by atoms with Crippen LogP contribution in [0, 0.1) is 5.41 Å². The Balaban J connectivity index is 2.18. The molecule has 0 unspecified atom stereocenters. The van der Waals surface area contributed by atoms with Crippen LogP contribution in [0.5, 0.6) is 0 Å². The fourth-order valence-corrected chi connectivity index (χ4v) is 2.49. The maximum Gasteiger partial charge on any atom is 0.123 e. The molecule has 0 fully saturated rings. The molecule has 0 amide bonds. The Morgan fingerprint density at radius 3 is 2.47 bits per heavy atom. The van der Waals surface area contributed by atoms with Gasteiger partial charge in [0.25, 0.3) is 0 Å². The summed E-state index contributed by atoms with van der Waals surface area (Å²) in [6, 6.07) is 16.1. The van der Waals surface area contributed by atoms with Crippen molar-refractivity contribution in [1.29, 1.82) is 5.41 Å². The summed E-state index contributed by atoms with van der Waals surface area (Å²) in [6.45, 7) is 0.840. The standard InChI is InChI=1S/C15H16BrN3/c1-19(10-11-5-3-2-4-6-11)12-7-8-13(15(17)18)14(16)9-12/h2-9H,10H2,1H3,(H3,17,18). The summed E-state index contributed by atoms with van der Waals surface area (Å²) in [5.74, 6) is 0.0733. The second kappa shape index (κ2) is 5.89. The first-order valence-corrected chi connectivity index (χ1v) is 6.76. The number of nitrogens with two attached hydrogens (primary N) is 1. The third-order valence-electron chi connectivity index (χ3n) is 2.95. The molecule has 3 nitrogen and oxygen atoms in total. The van der Waals surface area contributed by atoms with E-state index >= 15 is 0 Å². The van der Waals surface area contributed by atoms with E-state index in [9.17, 15) is 0 Å². The zero-order valence-electron chi connectivity index (χ0n) is 10.7. The molecule has 0 heterocycles. The van der Waals surface area contributed by atoms with Gasteiger partial charge in [-0.15, -0.1) is 0 Å². The molecule has 4 heteroatoms. The van der Waals surface area contributed by atoms with Crippen LogP contribution in [0.2, 0.25) is 0 Å². The molecule has 19 heavy (non-hydrogen) atoms. The molecule has 0 aromatic heterocycles. The SMILES string of the molecule is CN(Cc1ccccc1)c1ccc(C(=N)N)c(Br)c1. The van der Waals surface area contributed by atoms with Crippen molar-refractivity contribution in [2.24, 2.45) is 5.73 Å². The number of nitrogens with one attached hydrogen (secondary N) is 1. The van der Waals surface area contributed by atoms with E-state index < -0.39 is 0 Å². The lowest BCUT2D eigenvalue weighted by Crippen LogP contribution is -2.17.